The molecule has 0 amide bonds. The summed E-state index contributed by atoms with van der Waals surface area (Å²) in [6.07, 6.45) is 4.89. The van der Waals surface area contributed by atoms with Crippen LogP contribution in [0.4, 0.5) is 0 Å². The summed E-state index contributed by atoms with van der Waals surface area (Å²) in [5.41, 5.74) is 2.69. The van der Waals surface area contributed by atoms with Gasteiger partial charge in [-0.3, -0.25) is 4.79 Å². The quantitative estimate of drug-likeness (QED) is 0.215. The van der Waals surface area contributed by atoms with Gasteiger partial charge in [-0.25, -0.2) is 9.97 Å². The molecular formula is C30H52N2O3S2. The van der Waals surface area contributed by atoms with Crippen LogP contribution in [0.1, 0.15) is 96.2 Å². The largest absolute Gasteiger partial charge is 0.474 e. The van der Waals surface area contributed by atoms with Gasteiger partial charge < -0.3 is 9.47 Å². The lowest BCUT2D eigenvalue weighted by atomic mass is 10.2. The maximum Gasteiger partial charge on any atom is 0.308 e. The van der Waals surface area contributed by atoms with Gasteiger partial charge in [0.1, 0.15) is 11.8 Å². The van der Waals surface area contributed by atoms with Crippen LogP contribution in [-0.4, -0.2) is 28.1 Å². The van der Waals surface area contributed by atoms with Crippen LogP contribution < -0.4 is 4.74 Å². The highest BCUT2D eigenvalue weighted by Crippen LogP contribution is 2.30. The summed E-state index contributed by atoms with van der Waals surface area (Å²) in [6.45, 7) is 7.76. The second-order valence-corrected chi connectivity index (χ2v) is 10.6. The highest BCUT2D eigenvalue weighted by atomic mass is 32.2. The summed E-state index contributed by atoms with van der Waals surface area (Å²) < 4.78 is 12.4. The first-order valence-electron chi connectivity index (χ1n) is 11.2. The van der Waals surface area contributed by atoms with E-state index >= 15 is 0 Å². The molecule has 0 saturated heterocycles. The zero-order chi connectivity index (χ0) is 22.9. The number of hydrogen-bond acceptors (Lipinski definition) is 7. The number of benzene rings is 1. The standard InChI is InChI=1S/C16H16N2OS2.C9H16O2.5CH4/c1-11(2)19-16-14(10-21-15-8-5-9-20-15)17-12-6-3-4-7-13(12)18-16;1-7(2)9(10)11-8-5-3-4-6-8;;;;;/h3-9,11H,10H2,1-2H3;7-8H,3-6H2,1-2H3;5*1H4. The molecule has 0 N–H and O–H groups in total. The molecule has 4 rings (SSSR count). The van der Waals surface area contributed by atoms with Gasteiger partial charge in [0.2, 0.25) is 5.88 Å². The number of nitrogens with zero attached hydrogens (tertiary/aromatic N) is 2. The number of hydrogen-bond donors (Lipinski definition) is 0. The molecule has 1 aliphatic rings. The zero-order valence-electron chi connectivity index (χ0n) is 19.2. The van der Waals surface area contributed by atoms with Crippen LogP contribution in [0.3, 0.4) is 0 Å². The van der Waals surface area contributed by atoms with Crippen molar-refractivity contribution in [2.45, 2.75) is 113 Å². The van der Waals surface area contributed by atoms with Crippen molar-refractivity contribution < 1.29 is 14.3 Å². The number of carbonyl (C=O) groups is 1. The van der Waals surface area contributed by atoms with Crippen molar-refractivity contribution in [2.24, 2.45) is 5.92 Å². The van der Waals surface area contributed by atoms with Crippen LogP contribution in [0, 0.1) is 5.92 Å². The van der Waals surface area contributed by atoms with Crippen molar-refractivity contribution in [3.8, 4) is 5.88 Å². The Bertz CT molecular complexity index is 986. The fraction of sp³-hybridized carbons (Fsp3) is 0.567. The van der Waals surface area contributed by atoms with Crippen molar-refractivity contribution in [3.63, 3.8) is 0 Å². The SMILES string of the molecule is C.C.C.C.C.CC(C)C(=O)OC1CCCC1.CC(C)Oc1nc2ccccc2nc1CSc1cccs1. The lowest BCUT2D eigenvalue weighted by molar-refractivity contribution is -0.152. The van der Waals surface area contributed by atoms with Crippen molar-refractivity contribution >= 4 is 40.1 Å². The smallest absolute Gasteiger partial charge is 0.308 e. The molecule has 3 aromatic rings. The number of carbonyl (C=O) groups excluding carboxylic acids is 1. The number of thioether (sulfide) groups is 1. The van der Waals surface area contributed by atoms with Gasteiger partial charge in [-0.2, -0.15) is 0 Å². The van der Waals surface area contributed by atoms with E-state index in [1.807, 2.05) is 52.0 Å². The zero-order valence-corrected chi connectivity index (χ0v) is 20.9. The summed E-state index contributed by atoms with van der Waals surface area (Å²) in [5, 5.41) is 2.08. The molecule has 5 nitrogen and oxygen atoms in total. The van der Waals surface area contributed by atoms with Gasteiger partial charge in [0, 0.05) is 5.75 Å². The number of fused-ring (bicyclic) bond motifs is 1. The molecule has 1 aliphatic carbocycles. The lowest BCUT2D eigenvalue weighted by Gasteiger charge is -2.13. The normalized spacial score (nSPS) is 12.1. The van der Waals surface area contributed by atoms with E-state index < -0.39 is 0 Å². The molecule has 0 aliphatic heterocycles. The molecule has 212 valence electrons. The first kappa shape index (κ1) is 39.4. The van der Waals surface area contributed by atoms with Crippen LogP contribution in [0.25, 0.3) is 11.0 Å². The highest BCUT2D eigenvalue weighted by Gasteiger charge is 2.20. The summed E-state index contributed by atoms with van der Waals surface area (Å²) in [7, 11) is 0. The lowest BCUT2D eigenvalue weighted by Crippen LogP contribution is -2.18. The van der Waals surface area contributed by atoms with Gasteiger partial charge in [0.15, 0.2) is 0 Å². The molecule has 7 heteroatoms. The second kappa shape index (κ2) is 19.9. The van der Waals surface area contributed by atoms with Crippen LogP contribution in [0.5, 0.6) is 5.88 Å². The van der Waals surface area contributed by atoms with Gasteiger partial charge in [0.05, 0.1) is 27.3 Å². The van der Waals surface area contributed by atoms with Crippen LogP contribution in [0.15, 0.2) is 46.0 Å². The van der Waals surface area contributed by atoms with E-state index in [9.17, 15) is 4.79 Å². The van der Waals surface area contributed by atoms with E-state index in [0.29, 0.717) is 5.88 Å². The third-order valence-electron chi connectivity index (χ3n) is 4.86. The molecule has 0 bridgehead atoms. The van der Waals surface area contributed by atoms with Crippen molar-refractivity contribution in [1.29, 1.82) is 0 Å². The van der Waals surface area contributed by atoms with Crippen molar-refractivity contribution in [1.82, 2.24) is 9.97 Å². The Balaban J connectivity index is -0.000000633. The molecular weight excluding hydrogens is 500 g/mol. The Morgan fingerprint density at radius 3 is 2.05 bits per heavy atom. The molecule has 1 aromatic carbocycles. The number of rotatable bonds is 7. The predicted octanol–water partition coefficient (Wildman–Crippen LogP) is 10.1. The minimum atomic E-state index is -0.0445. The number of ether oxygens (including phenoxy) is 2. The fourth-order valence-electron chi connectivity index (χ4n) is 3.22. The van der Waals surface area contributed by atoms with E-state index in [0.717, 1.165) is 35.3 Å². The average molecular weight is 553 g/mol. The maximum atomic E-state index is 11.1. The van der Waals surface area contributed by atoms with Gasteiger partial charge in [-0.1, -0.05) is 69.2 Å². The van der Waals surface area contributed by atoms with E-state index in [1.54, 1.807) is 23.1 Å². The Hall–Kier alpha value is -2.12. The molecule has 0 atom stereocenters. The Kier molecular flexibility index (Phi) is 21.2. The summed E-state index contributed by atoms with van der Waals surface area (Å²) >= 11 is 3.51. The minimum Gasteiger partial charge on any atom is -0.474 e. The minimum absolute atomic E-state index is 0. The van der Waals surface area contributed by atoms with E-state index in [1.165, 1.54) is 17.1 Å². The monoisotopic (exact) mass is 552 g/mol. The van der Waals surface area contributed by atoms with Crippen molar-refractivity contribution in [3.05, 3.63) is 47.5 Å². The van der Waals surface area contributed by atoms with Crippen LogP contribution in [-0.2, 0) is 15.3 Å². The summed E-state index contributed by atoms with van der Waals surface area (Å²) in [6, 6.07) is 12.1. The molecule has 0 radical (unpaired) electrons. The third kappa shape index (κ3) is 12.8. The first-order chi connectivity index (χ1) is 15.4. The molecule has 2 aromatic heterocycles. The van der Waals surface area contributed by atoms with Gasteiger partial charge in [0.25, 0.3) is 0 Å². The third-order valence-corrected chi connectivity index (χ3v) is 7.00. The predicted molar refractivity (Wildman–Crippen MR) is 166 cm³/mol. The maximum absolute atomic E-state index is 11.1. The number of aromatic nitrogens is 2. The molecule has 37 heavy (non-hydrogen) atoms. The molecule has 1 saturated carbocycles. The van der Waals surface area contributed by atoms with E-state index in [4.69, 9.17) is 14.5 Å². The number of esters is 1. The van der Waals surface area contributed by atoms with Crippen LogP contribution >= 0.6 is 23.1 Å². The summed E-state index contributed by atoms with van der Waals surface area (Å²) in [5.74, 6) is 1.39. The Morgan fingerprint density at radius 2 is 1.54 bits per heavy atom. The Morgan fingerprint density at radius 1 is 0.946 bits per heavy atom. The average Bonchev–Trinajstić information content (AvgIpc) is 3.46. The number of thiophene rings is 1. The van der Waals surface area contributed by atoms with Crippen LogP contribution in [0.2, 0.25) is 0 Å². The number of para-hydroxylation sites is 2. The fourth-order valence-corrected chi connectivity index (χ4v) is 4.93. The van der Waals surface area contributed by atoms with Gasteiger partial charge in [-0.05, 0) is 63.1 Å². The molecule has 0 unspecified atom stereocenters. The van der Waals surface area contributed by atoms with Gasteiger partial charge >= 0.3 is 5.97 Å². The highest BCUT2D eigenvalue weighted by molar-refractivity contribution is 8.00. The molecule has 2 heterocycles. The second-order valence-electron chi connectivity index (χ2n) is 8.35. The first-order valence-corrected chi connectivity index (χ1v) is 13.1. The van der Waals surface area contributed by atoms with Gasteiger partial charge in [-0.15, -0.1) is 23.1 Å². The molecule has 1 fully saturated rings. The Labute approximate surface area is 235 Å². The van der Waals surface area contributed by atoms with E-state index in [2.05, 4.69) is 22.5 Å². The van der Waals surface area contributed by atoms with Crippen molar-refractivity contribution in [2.75, 3.05) is 0 Å². The van der Waals surface area contributed by atoms with E-state index in [-0.39, 0.29) is 61.2 Å². The summed E-state index contributed by atoms with van der Waals surface area (Å²) in [4.78, 5) is 20.4. The topological polar surface area (TPSA) is 61.3 Å². The molecule has 0 spiro atoms.